The first-order chi connectivity index (χ1) is 15.0. The number of hydrogen-bond donors (Lipinski definition) is 0. The smallest absolute Gasteiger partial charge is 0.165 e. The van der Waals surface area contributed by atoms with Gasteiger partial charge in [0.2, 0.25) is 0 Å². The number of methoxy groups -OCH3 is 1. The molecular formula is C24H29FN4O2. The maximum absolute atomic E-state index is 14.2. The molecule has 2 aromatic rings. The molecule has 2 unspecified atom stereocenters. The average Bonchev–Trinajstić information content (AvgIpc) is 3.20. The van der Waals surface area contributed by atoms with Gasteiger partial charge in [0.1, 0.15) is 11.8 Å². The van der Waals surface area contributed by atoms with Crippen molar-refractivity contribution < 1.29 is 13.9 Å². The molecule has 6 nitrogen and oxygen atoms in total. The van der Waals surface area contributed by atoms with Crippen molar-refractivity contribution in [3.8, 4) is 5.75 Å². The van der Waals surface area contributed by atoms with E-state index >= 15 is 0 Å². The van der Waals surface area contributed by atoms with Gasteiger partial charge in [0, 0.05) is 44.0 Å². The molecule has 7 heteroatoms. The number of carbonyl (C=O) groups is 1. The molecule has 0 aliphatic carbocycles. The van der Waals surface area contributed by atoms with Gasteiger partial charge in [-0.15, -0.1) is 0 Å². The molecule has 2 saturated heterocycles. The van der Waals surface area contributed by atoms with Crippen molar-refractivity contribution in [3.63, 3.8) is 0 Å². The Balaban J connectivity index is 1.61. The fourth-order valence-corrected chi connectivity index (χ4v) is 4.72. The third kappa shape index (κ3) is 4.42. The number of likely N-dealkylation sites (N-methyl/N-ethyl adjacent to an activating group) is 1. The number of aryl methyl sites for hydroxylation is 1. The number of anilines is 1. The van der Waals surface area contributed by atoms with E-state index in [1.165, 1.54) is 50.4 Å². The summed E-state index contributed by atoms with van der Waals surface area (Å²) < 4.78 is 21.1. The molecule has 0 bridgehead atoms. The van der Waals surface area contributed by atoms with Crippen LogP contribution in [0.1, 0.15) is 18.4 Å². The summed E-state index contributed by atoms with van der Waals surface area (Å²) in [6, 6.07) is 9.19. The Kier molecular flexibility index (Phi) is 6.23. The number of pyridine rings is 1. The number of hydrogen-bond acceptors (Lipinski definition) is 5. The predicted octanol–water partition coefficient (Wildman–Crippen LogP) is 2.84. The van der Waals surface area contributed by atoms with Gasteiger partial charge in [-0.3, -0.25) is 4.79 Å². The van der Waals surface area contributed by atoms with Crippen LogP contribution in [0.2, 0.25) is 0 Å². The molecule has 0 N–H and O–H groups in total. The topological polar surface area (TPSA) is 50.1 Å². The molecule has 31 heavy (non-hydrogen) atoms. The molecule has 0 saturated carbocycles. The van der Waals surface area contributed by atoms with E-state index in [-0.39, 0.29) is 5.75 Å². The van der Waals surface area contributed by atoms with Crippen LogP contribution in [0.3, 0.4) is 0 Å². The SMILES string of the molecule is COc1ccc(C(=C/C=O)/N=c2/ccc(N3CC4CCCN(C)C4C3)cn2C)cc1F. The highest BCUT2D eigenvalue weighted by Gasteiger charge is 2.37. The summed E-state index contributed by atoms with van der Waals surface area (Å²) in [5, 5.41) is 0. The lowest BCUT2D eigenvalue weighted by molar-refractivity contribution is -0.104. The highest BCUT2D eigenvalue weighted by molar-refractivity contribution is 5.81. The number of benzene rings is 1. The molecule has 2 aliphatic rings. The molecule has 3 heterocycles. The van der Waals surface area contributed by atoms with E-state index in [2.05, 4.69) is 34.1 Å². The Morgan fingerprint density at radius 3 is 2.74 bits per heavy atom. The average molecular weight is 425 g/mol. The van der Waals surface area contributed by atoms with Gasteiger partial charge in [0.15, 0.2) is 11.6 Å². The summed E-state index contributed by atoms with van der Waals surface area (Å²) in [6.07, 6.45) is 6.65. The van der Waals surface area contributed by atoms with E-state index in [0.29, 0.717) is 29.1 Å². The van der Waals surface area contributed by atoms with E-state index in [4.69, 9.17) is 4.74 Å². The van der Waals surface area contributed by atoms with Crippen molar-refractivity contribution in [3.05, 3.63) is 59.5 Å². The van der Waals surface area contributed by atoms with Gasteiger partial charge in [-0.2, -0.15) is 0 Å². The van der Waals surface area contributed by atoms with Gasteiger partial charge < -0.3 is 19.1 Å². The van der Waals surface area contributed by atoms with Crippen molar-refractivity contribution in [2.24, 2.45) is 18.0 Å². The zero-order valence-electron chi connectivity index (χ0n) is 18.3. The maximum atomic E-state index is 14.2. The molecule has 4 rings (SSSR count). The quantitative estimate of drug-likeness (QED) is 0.547. The first kappa shape index (κ1) is 21.3. The number of ether oxygens (including phenoxy) is 1. The minimum absolute atomic E-state index is 0.154. The molecule has 2 aliphatic heterocycles. The zero-order valence-corrected chi connectivity index (χ0v) is 18.3. The summed E-state index contributed by atoms with van der Waals surface area (Å²) >= 11 is 0. The lowest BCUT2D eigenvalue weighted by atomic mass is 9.93. The summed E-state index contributed by atoms with van der Waals surface area (Å²) in [6.45, 7) is 3.30. The van der Waals surface area contributed by atoms with Crippen LogP contribution in [-0.2, 0) is 11.8 Å². The molecule has 1 aromatic carbocycles. The monoisotopic (exact) mass is 424 g/mol. The predicted molar refractivity (Wildman–Crippen MR) is 119 cm³/mol. The fourth-order valence-electron chi connectivity index (χ4n) is 4.72. The maximum Gasteiger partial charge on any atom is 0.165 e. The number of allylic oxidation sites excluding steroid dienone is 1. The number of aldehydes is 1. The number of carbonyl (C=O) groups excluding carboxylic acids is 1. The normalized spacial score (nSPS) is 22.5. The third-order valence-corrected chi connectivity index (χ3v) is 6.42. The Morgan fingerprint density at radius 1 is 1.23 bits per heavy atom. The molecule has 0 radical (unpaired) electrons. The number of likely N-dealkylation sites (tertiary alicyclic amines) is 1. The molecule has 164 valence electrons. The number of piperidine rings is 1. The van der Waals surface area contributed by atoms with Crippen molar-refractivity contribution >= 4 is 17.7 Å². The number of fused-ring (bicyclic) bond motifs is 1. The molecule has 2 atom stereocenters. The summed E-state index contributed by atoms with van der Waals surface area (Å²) in [5.74, 6) is 0.383. The van der Waals surface area contributed by atoms with Crippen LogP contribution >= 0.6 is 0 Å². The minimum Gasteiger partial charge on any atom is -0.494 e. The summed E-state index contributed by atoms with van der Waals surface area (Å²) in [7, 11) is 5.58. The van der Waals surface area contributed by atoms with E-state index in [9.17, 15) is 9.18 Å². The Hall–Kier alpha value is -2.93. The highest BCUT2D eigenvalue weighted by atomic mass is 19.1. The Labute approximate surface area is 182 Å². The number of nitrogens with zero attached hydrogens (tertiary/aromatic N) is 4. The van der Waals surface area contributed by atoms with E-state index < -0.39 is 5.82 Å². The molecule has 0 amide bonds. The van der Waals surface area contributed by atoms with Crippen molar-refractivity contribution in [2.45, 2.75) is 18.9 Å². The van der Waals surface area contributed by atoms with Crippen LogP contribution in [0, 0.1) is 11.7 Å². The minimum atomic E-state index is -0.493. The fraction of sp³-hybridized carbons (Fsp3) is 0.417. The van der Waals surface area contributed by atoms with Crippen LogP contribution < -0.4 is 15.1 Å². The van der Waals surface area contributed by atoms with Gasteiger partial charge in [0.25, 0.3) is 0 Å². The van der Waals surface area contributed by atoms with Crippen molar-refractivity contribution in [1.82, 2.24) is 9.47 Å². The lowest BCUT2D eigenvalue weighted by Gasteiger charge is -2.33. The molecule has 1 aromatic heterocycles. The Morgan fingerprint density at radius 2 is 2.06 bits per heavy atom. The molecular weight excluding hydrogens is 395 g/mol. The lowest BCUT2D eigenvalue weighted by Crippen LogP contribution is -2.42. The van der Waals surface area contributed by atoms with Gasteiger partial charge in [-0.25, -0.2) is 9.38 Å². The molecule has 0 spiro atoms. The van der Waals surface area contributed by atoms with Crippen molar-refractivity contribution in [2.75, 3.05) is 38.7 Å². The highest BCUT2D eigenvalue weighted by Crippen LogP contribution is 2.32. The van der Waals surface area contributed by atoms with Crippen LogP contribution in [0.5, 0.6) is 5.75 Å². The Bertz CT molecular complexity index is 1060. The van der Waals surface area contributed by atoms with Crippen LogP contribution in [0.15, 0.2) is 47.6 Å². The van der Waals surface area contributed by atoms with Gasteiger partial charge >= 0.3 is 0 Å². The second-order valence-electron chi connectivity index (χ2n) is 8.36. The van der Waals surface area contributed by atoms with Gasteiger partial charge in [-0.1, -0.05) is 0 Å². The summed E-state index contributed by atoms with van der Waals surface area (Å²) in [4.78, 5) is 20.7. The number of rotatable bonds is 5. The van der Waals surface area contributed by atoms with Crippen LogP contribution in [-0.4, -0.2) is 55.6 Å². The second kappa shape index (κ2) is 9.06. The molecule has 2 fully saturated rings. The zero-order chi connectivity index (χ0) is 22.0. The number of aromatic nitrogens is 1. The second-order valence-corrected chi connectivity index (χ2v) is 8.36. The first-order valence-electron chi connectivity index (χ1n) is 10.7. The van der Waals surface area contributed by atoms with E-state index in [0.717, 1.165) is 19.0 Å². The van der Waals surface area contributed by atoms with E-state index in [1.54, 1.807) is 6.07 Å². The first-order valence-corrected chi connectivity index (χ1v) is 10.7. The van der Waals surface area contributed by atoms with Crippen LogP contribution in [0.25, 0.3) is 5.70 Å². The van der Waals surface area contributed by atoms with Crippen LogP contribution in [0.4, 0.5) is 10.1 Å². The third-order valence-electron chi connectivity index (χ3n) is 6.42. The standard InChI is InChI=1S/C24H29FN4O2/c1-27-11-4-5-18-14-29(16-22(18)27)19-7-9-24(28(2)15-19)26-21(10-12-30)17-6-8-23(31-3)20(25)13-17/h6-10,12-13,15,18,22H,4-5,11,14,16H2,1-3H3/b21-10-,26-24-. The summed E-state index contributed by atoms with van der Waals surface area (Å²) in [5.41, 5.74) is 2.76. The van der Waals surface area contributed by atoms with E-state index in [1.807, 2.05) is 17.7 Å². The van der Waals surface area contributed by atoms with Gasteiger partial charge in [-0.05, 0) is 62.7 Å². The largest absolute Gasteiger partial charge is 0.494 e. The van der Waals surface area contributed by atoms with Gasteiger partial charge in [0.05, 0.1) is 18.5 Å². The van der Waals surface area contributed by atoms with Crippen molar-refractivity contribution in [1.29, 1.82) is 0 Å². The number of halogens is 1.